The van der Waals surface area contributed by atoms with Gasteiger partial charge in [-0.3, -0.25) is 9.59 Å². The van der Waals surface area contributed by atoms with E-state index >= 15 is 0 Å². The summed E-state index contributed by atoms with van der Waals surface area (Å²) in [7, 11) is 0. The normalized spacial score (nSPS) is 15.8. The van der Waals surface area contributed by atoms with Gasteiger partial charge in [-0.1, -0.05) is 0 Å². The lowest BCUT2D eigenvalue weighted by atomic mass is 10.2. The van der Waals surface area contributed by atoms with E-state index in [-0.39, 0.29) is 23.7 Å². The second kappa shape index (κ2) is 9.00. The molecule has 6 nitrogen and oxygen atoms in total. The fourth-order valence-electron chi connectivity index (χ4n) is 1.43. The zero-order valence-electron chi connectivity index (χ0n) is 14.2. The fraction of sp³-hybridized carbons (Fsp3) is 0.867. The number of carbonyl (C=O) groups excluding carboxylic acids is 2. The highest BCUT2D eigenvalue weighted by molar-refractivity contribution is 5.77. The molecule has 1 rings (SSSR count). The number of ether oxygens (including phenoxy) is 2. The van der Waals surface area contributed by atoms with Gasteiger partial charge in [0.15, 0.2) is 0 Å². The van der Waals surface area contributed by atoms with E-state index in [1.54, 1.807) is 0 Å². The Kier molecular flexibility index (Phi) is 8.51. The second-order valence-corrected chi connectivity index (χ2v) is 6.86. The first-order valence-corrected chi connectivity index (χ1v) is 7.29. The molecular weight excluding hydrogens is 272 g/mol. The number of piperazine rings is 1. The lowest BCUT2D eigenvalue weighted by molar-refractivity contribution is -0.141. The molecule has 1 fully saturated rings. The summed E-state index contributed by atoms with van der Waals surface area (Å²) in [6, 6.07) is 0. The average molecular weight is 302 g/mol. The predicted molar refractivity (Wildman–Crippen MR) is 82.1 cm³/mol. The minimum atomic E-state index is -0.318. The molecule has 6 heteroatoms. The molecule has 0 saturated carbocycles. The molecule has 1 aliphatic heterocycles. The number of hydrogen-bond donors (Lipinski definition) is 1. The van der Waals surface area contributed by atoms with Crippen LogP contribution in [0.5, 0.6) is 0 Å². The number of hydrogen-bond acceptors (Lipinski definition) is 5. The van der Waals surface area contributed by atoms with E-state index in [2.05, 4.69) is 10.1 Å². The van der Waals surface area contributed by atoms with Crippen LogP contribution in [-0.2, 0) is 19.1 Å². The summed E-state index contributed by atoms with van der Waals surface area (Å²) in [5, 5.41) is 3.21. The van der Waals surface area contributed by atoms with E-state index < -0.39 is 0 Å². The molecule has 0 spiro atoms. The first kappa shape index (κ1) is 19.9. The third-order valence-corrected chi connectivity index (χ3v) is 2.50. The molecule has 0 bridgehead atoms. The van der Waals surface area contributed by atoms with Crippen molar-refractivity contribution in [1.29, 1.82) is 0 Å². The van der Waals surface area contributed by atoms with Crippen molar-refractivity contribution in [2.75, 3.05) is 32.8 Å². The van der Waals surface area contributed by atoms with Gasteiger partial charge in [-0.25, -0.2) is 0 Å². The summed E-state index contributed by atoms with van der Waals surface area (Å²) in [5.74, 6) is 0.0985. The first-order chi connectivity index (χ1) is 9.55. The Morgan fingerprint density at radius 2 is 1.62 bits per heavy atom. The van der Waals surface area contributed by atoms with E-state index in [4.69, 9.17) is 4.74 Å². The van der Waals surface area contributed by atoms with Gasteiger partial charge in [0.2, 0.25) is 5.91 Å². The molecule has 0 unspecified atom stereocenters. The van der Waals surface area contributed by atoms with E-state index in [0.29, 0.717) is 6.47 Å². The molecule has 1 N–H and O–H groups in total. The van der Waals surface area contributed by atoms with Crippen molar-refractivity contribution in [3.63, 3.8) is 0 Å². The van der Waals surface area contributed by atoms with Crippen LogP contribution in [0.1, 0.15) is 41.5 Å². The Morgan fingerprint density at radius 3 is 1.95 bits per heavy atom. The van der Waals surface area contributed by atoms with E-state index in [1.165, 1.54) is 0 Å². The smallest absolute Gasteiger partial charge is 0.293 e. The molecule has 0 atom stereocenters. The van der Waals surface area contributed by atoms with Crippen molar-refractivity contribution in [2.24, 2.45) is 0 Å². The van der Waals surface area contributed by atoms with Gasteiger partial charge in [0.05, 0.1) is 5.60 Å². The second-order valence-electron chi connectivity index (χ2n) is 6.86. The molecule has 1 saturated heterocycles. The molecule has 124 valence electrons. The Balaban J connectivity index is 0.000000486. The maximum Gasteiger partial charge on any atom is 0.293 e. The zero-order valence-corrected chi connectivity index (χ0v) is 14.2. The van der Waals surface area contributed by atoms with Crippen LogP contribution >= 0.6 is 0 Å². The lowest BCUT2D eigenvalue weighted by Crippen LogP contribution is -2.48. The number of amides is 1. The van der Waals surface area contributed by atoms with Crippen LogP contribution in [-0.4, -0.2) is 61.3 Å². The Morgan fingerprint density at radius 1 is 1.10 bits per heavy atom. The molecule has 1 amide bonds. The summed E-state index contributed by atoms with van der Waals surface area (Å²) < 4.78 is 9.98. The topological polar surface area (TPSA) is 67.9 Å². The number of carbonyl (C=O) groups is 2. The highest BCUT2D eigenvalue weighted by atomic mass is 16.5. The molecule has 0 radical (unpaired) electrons. The van der Waals surface area contributed by atoms with Gasteiger partial charge in [-0.2, -0.15) is 0 Å². The summed E-state index contributed by atoms with van der Waals surface area (Å²) in [6.07, 6.45) is 0. The lowest BCUT2D eigenvalue weighted by Gasteiger charge is -2.28. The number of nitrogens with zero attached hydrogens (tertiary/aromatic N) is 1. The van der Waals surface area contributed by atoms with Crippen LogP contribution in [0, 0.1) is 0 Å². The molecule has 0 aromatic carbocycles. The van der Waals surface area contributed by atoms with Crippen LogP contribution in [0.4, 0.5) is 0 Å². The van der Waals surface area contributed by atoms with Gasteiger partial charge < -0.3 is 19.7 Å². The largest absolute Gasteiger partial charge is 0.462 e. The molecule has 1 heterocycles. The summed E-state index contributed by atoms with van der Waals surface area (Å²) in [5.41, 5.74) is -0.550. The van der Waals surface area contributed by atoms with Crippen molar-refractivity contribution >= 4 is 12.4 Å². The summed E-state index contributed by atoms with van der Waals surface area (Å²) in [6.45, 7) is 15.4. The minimum absolute atomic E-state index is 0.0985. The average Bonchev–Trinajstić information content (AvgIpc) is 2.35. The van der Waals surface area contributed by atoms with Gasteiger partial charge in [0, 0.05) is 26.2 Å². The molecular formula is C15H30N2O4. The van der Waals surface area contributed by atoms with Crippen molar-refractivity contribution in [1.82, 2.24) is 10.2 Å². The van der Waals surface area contributed by atoms with E-state index in [0.717, 1.165) is 26.2 Å². The Hall–Kier alpha value is -1.14. The Bertz CT molecular complexity index is 313. The van der Waals surface area contributed by atoms with E-state index in [9.17, 15) is 9.59 Å². The van der Waals surface area contributed by atoms with Gasteiger partial charge in [-0.05, 0) is 41.5 Å². The molecule has 0 aromatic heterocycles. The van der Waals surface area contributed by atoms with Crippen LogP contribution in [0.15, 0.2) is 0 Å². The van der Waals surface area contributed by atoms with E-state index in [1.807, 2.05) is 46.4 Å². The van der Waals surface area contributed by atoms with Crippen LogP contribution in [0.2, 0.25) is 0 Å². The number of nitrogens with one attached hydrogen (secondary N) is 1. The third-order valence-electron chi connectivity index (χ3n) is 2.50. The monoisotopic (exact) mass is 302 g/mol. The first-order valence-electron chi connectivity index (χ1n) is 7.29. The van der Waals surface area contributed by atoms with Gasteiger partial charge in [-0.15, -0.1) is 0 Å². The molecule has 0 aliphatic carbocycles. The van der Waals surface area contributed by atoms with Crippen molar-refractivity contribution in [3.05, 3.63) is 0 Å². The van der Waals surface area contributed by atoms with Crippen LogP contribution in [0.25, 0.3) is 0 Å². The summed E-state index contributed by atoms with van der Waals surface area (Å²) >= 11 is 0. The maximum atomic E-state index is 11.6. The van der Waals surface area contributed by atoms with Crippen LogP contribution < -0.4 is 5.32 Å². The Labute approximate surface area is 128 Å². The molecule has 21 heavy (non-hydrogen) atoms. The zero-order chi connectivity index (χ0) is 16.5. The summed E-state index contributed by atoms with van der Waals surface area (Å²) in [4.78, 5) is 23.1. The van der Waals surface area contributed by atoms with Gasteiger partial charge in [0.25, 0.3) is 6.47 Å². The SMILES string of the molecule is CC(C)(C)OC=O.CC(C)(C)OCC(=O)N1CCNCC1. The predicted octanol–water partition coefficient (Wildman–Crippen LogP) is 1.19. The highest BCUT2D eigenvalue weighted by Crippen LogP contribution is 2.07. The van der Waals surface area contributed by atoms with Crippen molar-refractivity contribution < 1.29 is 19.1 Å². The molecule has 0 aromatic rings. The highest BCUT2D eigenvalue weighted by Gasteiger charge is 2.19. The van der Waals surface area contributed by atoms with Crippen molar-refractivity contribution in [3.8, 4) is 0 Å². The minimum Gasteiger partial charge on any atom is -0.462 e. The number of rotatable bonds is 3. The van der Waals surface area contributed by atoms with Gasteiger partial charge in [0.1, 0.15) is 12.2 Å². The molecule has 1 aliphatic rings. The standard InChI is InChI=1S/C10H20N2O2.C5H10O2/c1-10(2,3)14-8-9(13)12-6-4-11-5-7-12;1-5(2,3)7-4-6/h11H,4-8H2,1-3H3;4H,1-3H3. The third kappa shape index (κ3) is 12.3. The van der Waals surface area contributed by atoms with Crippen LogP contribution in [0.3, 0.4) is 0 Å². The quantitative estimate of drug-likeness (QED) is 0.793. The maximum absolute atomic E-state index is 11.6. The van der Waals surface area contributed by atoms with Gasteiger partial charge >= 0.3 is 0 Å². The van der Waals surface area contributed by atoms with Crippen molar-refractivity contribution in [2.45, 2.75) is 52.7 Å². The fourth-order valence-corrected chi connectivity index (χ4v) is 1.43.